The summed E-state index contributed by atoms with van der Waals surface area (Å²) in [5.74, 6) is -6.48. The van der Waals surface area contributed by atoms with Crippen LogP contribution in [-0.2, 0) is 38.1 Å². The number of alkyl carbamates (subject to hydrolysis) is 1. The Kier molecular flexibility index (Phi) is 11.2. The fraction of sp³-hybridized carbons (Fsp3) is 0.548. The number of carbonyl (C=O) groups excluding carboxylic acids is 5. The van der Waals surface area contributed by atoms with E-state index >= 15 is 0 Å². The molecule has 2 bridgehead atoms. The van der Waals surface area contributed by atoms with Crippen molar-refractivity contribution in [2.75, 3.05) is 6.61 Å². The number of aliphatic hydroxyl groups is 4. The van der Waals surface area contributed by atoms with E-state index in [0.29, 0.717) is 5.56 Å². The number of rotatable bonds is 8. The van der Waals surface area contributed by atoms with Crippen molar-refractivity contribution < 1.29 is 68.1 Å². The van der Waals surface area contributed by atoms with Gasteiger partial charge in [-0.3, -0.25) is 9.59 Å². The minimum absolute atomic E-state index is 0.0475. The summed E-state index contributed by atoms with van der Waals surface area (Å²) in [6, 6.07) is 14.6. The summed E-state index contributed by atoms with van der Waals surface area (Å²) in [5.41, 5.74) is -6.36. The molecule has 6 rings (SSSR count). The molecule has 2 aromatic carbocycles. The zero-order chi connectivity index (χ0) is 41.8. The van der Waals surface area contributed by atoms with Gasteiger partial charge in [-0.1, -0.05) is 55.5 Å². The molecule has 3 aliphatic carbocycles. The molecule has 2 aromatic rings. The predicted octanol–water partition coefficient (Wildman–Crippen LogP) is 2.87. The molecule has 0 radical (unpaired) electrons. The number of hydrogen-bond donors (Lipinski definition) is 5. The van der Waals surface area contributed by atoms with Gasteiger partial charge in [0.15, 0.2) is 17.5 Å². The number of Topliss-reactive ketones (excluding diaryl/α,β-unsaturated/α-hetero) is 1. The van der Waals surface area contributed by atoms with Crippen molar-refractivity contribution in [3.8, 4) is 0 Å². The maximum absolute atomic E-state index is 14.8. The number of nitrogens with one attached hydrogen (secondary N) is 1. The second kappa shape index (κ2) is 15.3. The van der Waals surface area contributed by atoms with Crippen LogP contribution in [0, 0.1) is 17.3 Å². The van der Waals surface area contributed by atoms with Crippen molar-refractivity contribution >= 4 is 29.8 Å². The number of carbonyl (C=O) groups is 5. The number of esters is 3. The molecule has 5 N–H and O–H groups in total. The van der Waals surface area contributed by atoms with Crippen LogP contribution in [-0.4, -0.2) is 110 Å². The number of ketones is 1. The quantitative estimate of drug-likeness (QED) is 0.147. The first kappa shape index (κ1) is 41.9. The molecule has 0 spiro atoms. The van der Waals surface area contributed by atoms with Crippen LogP contribution < -0.4 is 5.32 Å². The van der Waals surface area contributed by atoms with Crippen LogP contribution >= 0.6 is 0 Å². The predicted molar refractivity (Wildman–Crippen MR) is 199 cm³/mol. The van der Waals surface area contributed by atoms with Gasteiger partial charge in [0.2, 0.25) is 0 Å². The maximum atomic E-state index is 14.8. The van der Waals surface area contributed by atoms with E-state index in [2.05, 4.69) is 5.32 Å². The second-order valence-corrected chi connectivity index (χ2v) is 16.8. The van der Waals surface area contributed by atoms with Gasteiger partial charge < -0.3 is 49.4 Å². The van der Waals surface area contributed by atoms with E-state index in [4.69, 9.17) is 23.7 Å². The van der Waals surface area contributed by atoms with Gasteiger partial charge in [0.1, 0.15) is 35.6 Å². The first-order valence-corrected chi connectivity index (χ1v) is 19.0. The average Bonchev–Trinajstić information content (AvgIpc) is 3.15. The molecule has 0 aromatic heterocycles. The third-order valence-electron chi connectivity index (χ3n) is 12.1. The summed E-state index contributed by atoms with van der Waals surface area (Å²) in [6.45, 7) is 10.2. The van der Waals surface area contributed by atoms with Crippen LogP contribution in [0.15, 0.2) is 71.8 Å². The van der Waals surface area contributed by atoms with Gasteiger partial charge in [0, 0.05) is 25.7 Å². The van der Waals surface area contributed by atoms with Crippen molar-refractivity contribution in [2.24, 2.45) is 17.3 Å². The number of aliphatic hydroxyl groups excluding tert-OH is 3. The first-order valence-electron chi connectivity index (χ1n) is 19.0. The van der Waals surface area contributed by atoms with Crippen LogP contribution in [0.1, 0.15) is 83.3 Å². The molecule has 1 heterocycles. The number of amides is 1. The Bertz CT molecular complexity index is 1930. The highest BCUT2D eigenvalue weighted by Gasteiger charge is 2.76. The standard InChI is InChI=1S/C42H51NO14/c1-21-26(54-37(50)32(47)30(24-14-10-8-11-15-24)43-38(51)57-39(4,5)6)19-41(52)22(2)29(21)31(46)34(48)40(7)27(45)18-28-42(20-53-28,56-23(3)44)33(40)35(41)55-36(49)25-16-12-9-13-17-25/h8-17,22,26-28,30-33,35,45-47,52H,18-20H2,1-7H3,(H,43,51)/t22?,26-,27-,28+,30-,31+,32+,33-,35-,40+,41-,42-/m0/s1. The SMILES string of the molecule is CC(=O)O[C@@]12CO[C@@H]1C[C@H](O)[C@@]1(C)C(=O)[C@H](O)C3=C(C)[C@@H](OC(=O)[C@H](O)[C@@H](NC(=O)OC(C)(C)C)c4ccccc4)C[C@](O)(C3C)[C@@H](OC(=O)c3ccccc3)[C@H]21. The number of hydrogen-bond acceptors (Lipinski definition) is 14. The molecular weight excluding hydrogens is 742 g/mol. The summed E-state index contributed by atoms with van der Waals surface area (Å²) in [7, 11) is 0. The van der Waals surface area contributed by atoms with Crippen LogP contribution in [0.25, 0.3) is 0 Å². The van der Waals surface area contributed by atoms with Gasteiger partial charge in [-0.15, -0.1) is 0 Å². The van der Waals surface area contributed by atoms with E-state index in [1.54, 1.807) is 69.3 Å². The molecule has 1 unspecified atom stereocenters. The second-order valence-electron chi connectivity index (χ2n) is 16.8. The lowest BCUT2D eigenvalue weighted by Gasteiger charge is -2.66. The molecular formula is C42H51NO14. The van der Waals surface area contributed by atoms with Gasteiger partial charge in [0.25, 0.3) is 0 Å². The monoisotopic (exact) mass is 793 g/mol. The lowest BCUT2D eigenvalue weighted by Crippen LogP contribution is -2.81. The molecule has 1 aliphatic heterocycles. The van der Waals surface area contributed by atoms with Gasteiger partial charge in [-0.2, -0.15) is 0 Å². The van der Waals surface area contributed by atoms with Crippen molar-refractivity contribution in [3.63, 3.8) is 0 Å². The Hall–Kier alpha value is -4.67. The molecule has 12 atom stereocenters. The molecule has 57 heavy (non-hydrogen) atoms. The lowest BCUT2D eigenvalue weighted by molar-refractivity contribution is -0.343. The van der Waals surface area contributed by atoms with Crippen molar-refractivity contribution in [1.29, 1.82) is 0 Å². The number of benzene rings is 2. The van der Waals surface area contributed by atoms with E-state index < -0.39 is 113 Å². The fourth-order valence-electron chi connectivity index (χ4n) is 9.21. The van der Waals surface area contributed by atoms with E-state index in [-0.39, 0.29) is 29.7 Å². The zero-order valence-corrected chi connectivity index (χ0v) is 33.0. The van der Waals surface area contributed by atoms with Gasteiger partial charge in [-0.25, -0.2) is 14.4 Å². The summed E-state index contributed by atoms with van der Waals surface area (Å²) in [6.07, 6.45) is -11.3. The van der Waals surface area contributed by atoms with E-state index in [1.807, 2.05) is 0 Å². The van der Waals surface area contributed by atoms with Crippen molar-refractivity contribution in [2.45, 2.75) is 121 Å². The van der Waals surface area contributed by atoms with Crippen LogP contribution in [0.3, 0.4) is 0 Å². The Morgan fingerprint density at radius 1 is 0.982 bits per heavy atom. The van der Waals surface area contributed by atoms with Crippen molar-refractivity contribution in [3.05, 3.63) is 82.9 Å². The highest BCUT2D eigenvalue weighted by Crippen LogP contribution is 2.61. The van der Waals surface area contributed by atoms with Crippen LogP contribution in [0.4, 0.5) is 4.79 Å². The fourth-order valence-corrected chi connectivity index (χ4v) is 9.21. The lowest BCUT2D eigenvalue weighted by atomic mass is 9.47. The average molecular weight is 794 g/mol. The minimum atomic E-state index is -2.29. The highest BCUT2D eigenvalue weighted by atomic mass is 16.6. The van der Waals surface area contributed by atoms with E-state index in [0.717, 1.165) is 6.92 Å². The molecule has 2 saturated carbocycles. The third kappa shape index (κ3) is 7.35. The summed E-state index contributed by atoms with van der Waals surface area (Å²) >= 11 is 0. The van der Waals surface area contributed by atoms with Gasteiger partial charge in [-0.05, 0) is 63.5 Å². The minimum Gasteiger partial charge on any atom is -0.456 e. The molecule has 1 saturated heterocycles. The smallest absolute Gasteiger partial charge is 0.408 e. The Morgan fingerprint density at radius 2 is 1.60 bits per heavy atom. The zero-order valence-electron chi connectivity index (χ0n) is 33.0. The highest BCUT2D eigenvalue weighted by molar-refractivity contribution is 5.94. The molecule has 4 aliphatic rings. The van der Waals surface area contributed by atoms with Crippen molar-refractivity contribution in [1.82, 2.24) is 5.32 Å². The third-order valence-corrected chi connectivity index (χ3v) is 12.1. The number of ether oxygens (including phenoxy) is 5. The topological polar surface area (TPSA) is 224 Å². The van der Waals surface area contributed by atoms with Gasteiger partial charge in [0.05, 0.1) is 35.6 Å². The summed E-state index contributed by atoms with van der Waals surface area (Å²) in [5, 5.41) is 51.0. The largest absolute Gasteiger partial charge is 0.456 e. The molecule has 308 valence electrons. The van der Waals surface area contributed by atoms with Crippen LogP contribution in [0.2, 0.25) is 0 Å². The van der Waals surface area contributed by atoms with E-state index in [1.165, 1.54) is 32.9 Å². The molecule has 1 amide bonds. The molecule has 3 fully saturated rings. The number of fused-ring (bicyclic) bond motifs is 5. The van der Waals surface area contributed by atoms with E-state index in [9.17, 15) is 44.4 Å². The normalized spacial score (nSPS) is 34.4. The Labute approximate surface area is 330 Å². The summed E-state index contributed by atoms with van der Waals surface area (Å²) in [4.78, 5) is 68.5. The molecule has 15 nitrogen and oxygen atoms in total. The summed E-state index contributed by atoms with van der Waals surface area (Å²) < 4.78 is 29.3. The molecule has 15 heteroatoms. The maximum Gasteiger partial charge on any atom is 0.408 e. The van der Waals surface area contributed by atoms with Gasteiger partial charge >= 0.3 is 24.0 Å². The Balaban J connectivity index is 1.46. The Morgan fingerprint density at radius 3 is 2.16 bits per heavy atom. The van der Waals surface area contributed by atoms with Crippen LogP contribution in [0.5, 0.6) is 0 Å². The first-order chi connectivity index (χ1) is 26.7.